The Kier molecular flexibility index (Phi) is 4.81. The summed E-state index contributed by atoms with van der Waals surface area (Å²) in [7, 11) is 4.31. The maximum atomic E-state index is 6.03. The maximum absolute atomic E-state index is 6.03. The highest BCUT2D eigenvalue weighted by Crippen LogP contribution is 2.29. The van der Waals surface area contributed by atoms with Crippen LogP contribution in [0.25, 0.3) is 0 Å². The zero-order valence-corrected chi connectivity index (χ0v) is 13.1. The second-order valence-electron chi connectivity index (χ2n) is 6.28. The van der Waals surface area contributed by atoms with Crippen molar-refractivity contribution in [1.82, 2.24) is 14.9 Å². The summed E-state index contributed by atoms with van der Waals surface area (Å²) in [6.07, 6.45) is 4.10. The predicted molar refractivity (Wildman–Crippen MR) is 84.0 cm³/mol. The molecule has 0 atom stereocenters. The second kappa shape index (κ2) is 6.39. The van der Waals surface area contributed by atoms with E-state index in [1.165, 1.54) is 25.9 Å². The van der Waals surface area contributed by atoms with Crippen LogP contribution in [-0.2, 0) is 0 Å². The lowest BCUT2D eigenvalue weighted by Gasteiger charge is -2.33. The molecular formula is C15H27N5. The first-order valence-corrected chi connectivity index (χ1v) is 7.49. The minimum Gasteiger partial charge on any atom is -0.383 e. The van der Waals surface area contributed by atoms with Crippen molar-refractivity contribution >= 4 is 11.6 Å². The van der Waals surface area contributed by atoms with E-state index in [0.29, 0.717) is 11.7 Å². The quantitative estimate of drug-likeness (QED) is 0.911. The van der Waals surface area contributed by atoms with Crippen molar-refractivity contribution in [3.8, 4) is 0 Å². The third-order valence-electron chi connectivity index (χ3n) is 4.20. The van der Waals surface area contributed by atoms with Crippen molar-refractivity contribution in [3.63, 3.8) is 0 Å². The SMILES string of the molecule is CC(C)c1c(N)ncnc1N(C)CC1CCN(C)CC1. The fourth-order valence-corrected chi connectivity index (χ4v) is 2.98. The third-order valence-corrected chi connectivity index (χ3v) is 4.20. The molecule has 2 N–H and O–H groups in total. The molecule has 2 rings (SSSR count). The molecule has 1 fully saturated rings. The van der Waals surface area contributed by atoms with Crippen molar-refractivity contribution in [2.75, 3.05) is 44.4 Å². The summed E-state index contributed by atoms with van der Waals surface area (Å²) in [6, 6.07) is 0. The van der Waals surface area contributed by atoms with Gasteiger partial charge in [-0.15, -0.1) is 0 Å². The Morgan fingerprint density at radius 1 is 1.35 bits per heavy atom. The molecule has 0 radical (unpaired) electrons. The minimum absolute atomic E-state index is 0.339. The van der Waals surface area contributed by atoms with Crippen molar-refractivity contribution in [2.45, 2.75) is 32.6 Å². The number of piperidine rings is 1. The normalized spacial score (nSPS) is 17.6. The minimum atomic E-state index is 0.339. The van der Waals surface area contributed by atoms with Crippen LogP contribution in [0.2, 0.25) is 0 Å². The molecular weight excluding hydrogens is 250 g/mol. The summed E-state index contributed by atoms with van der Waals surface area (Å²) in [5.41, 5.74) is 7.10. The molecule has 20 heavy (non-hydrogen) atoms. The molecule has 2 heterocycles. The summed E-state index contributed by atoms with van der Waals surface area (Å²) < 4.78 is 0. The van der Waals surface area contributed by atoms with Gasteiger partial charge in [-0.1, -0.05) is 13.8 Å². The molecule has 1 aliphatic rings. The largest absolute Gasteiger partial charge is 0.383 e. The van der Waals surface area contributed by atoms with E-state index in [2.05, 4.69) is 47.7 Å². The van der Waals surface area contributed by atoms with Crippen LogP contribution < -0.4 is 10.6 Å². The number of likely N-dealkylation sites (tertiary alicyclic amines) is 1. The van der Waals surface area contributed by atoms with Gasteiger partial charge in [0.2, 0.25) is 0 Å². The van der Waals surface area contributed by atoms with Gasteiger partial charge < -0.3 is 15.5 Å². The summed E-state index contributed by atoms with van der Waals surface area (Å²) in [4.78, 5) is 13.3. The molecule has 0 unspecified atom stereocenters. The monoisotopic (exact) mass is 277 g/mol. The van der Waals surface area contributed by atoms with Crippen molar-refractivity contribution < 1.29 is 0 Å². The van der Waals surface area contributed by atoms with Crippen LogP contribution in [0.15, 0.2) is 6.33 Å². The number of hydrogen-bond donors (Lipinski definition) is 1. The molecule has 1 saturated heterocycles. The zero-order chi connectivity index (χ0) is 14.7. The van der Waals surface area contributed by atoms with Crippen LogP contribution in [0, 0.1) is 5.92 Å². The van der Waals surface area contributed by atoms with E-state index < -0.39 is 0 Å². The number of nitrogens with zero attached hydrogens (tertiary/aromatic N) is 4. The number of nitrogen functional groups attached to an aromatic ring is 1. The standard InChI is InChI=1S/C15H27N5/c1-11(2)13-14(16)17-10-18-15(13)20(4)9-12-5-7-19(3)8-6-12/h10-12H,5-9H2,1-4H3,(H2,16,17,18). The Hall–Kier alpha value is -1.36. The maximum Gasteiger partial charge on any atom is 0.137 e. The fourth-order valence-electron chi connectivity index (χ4n) is 2.98. The van der Waals surface area contributed by atoms with Crippen LogP contribution in [-0.4, -0.2) is 48.6 Å². The van der Waals surface area contributed by atoms with E-state index in [0.717, 1.165) is 23.8 Å². The van der Waals surface area contributed by atoms with Gasteiger partial charge in [0.05, 0.1) is 0 Å². The van der Waals surface area contributed by atoms with Crippen molar-refractivity contribution in [2.24, 2.45) is 5.92 Å². The average molecular weight is 277 g/mol. The first kappa shape index (κ1) is 15.0. The lowest BCUT2D eigenvalue weighted by atomic mass is 9.96. The Balaban J connectivity index is 2.09. The Morgan fingerprint density at radius 3 is 2.60 bits per heavy atom. The van der Waals surface area contributed by atoms with Gasteiger partial charge in [-0.05, 0) is 44.8 Å². The fraction of sp³-hybridized carbons (Fsp3) is 0.733. The van der Waals surface area contributed by atoms with E-state index >= 15 is 0 Å². The lowest BCUT2D eigenvalue weighted by Crippen LogP contribution is -2.36. The van der Waals surface area contributed by atoms with Gasteiger partial charge in [-0.25, -0.2) is 9.97 Å². The highest BCUT2D eigenvalue weighted by molar-refractivity contribution is 5.57. The molecule has 1 aromatic rings. The number of nitrogens with two attached hydrogens (primary N) is 1. The molecule has 0 aliphatic carbocycles. The van der Waals surface area contributed by atoms with E-state index in [1.807, 2.05) is 0 Å². The lowest BCUT2D eigenvalue weighted by molar-refractivity contribution is 0.222. The summed E-state index contributed by atoms with van der Waals surface area (Å²) in [5, 5.41) is 0. The van der Waals surface area contributed by atoms with Crippen LogP contribution in [0.3, 0.4) is 0 Å². The topological polar surface area (TPSA) is 58.3 Å². The zero-order valence-electron chi connectivity index (χ0n) is 13.1. The smallest absolute Gasteiger partial charge is 0.137 e. The summed E-state index contributed by atoms with van der Waals surface area (Å²) in [6.45, 7) is 7.72. The van der Waals surface area contributed by atoms with Crippen LogP contribution >= 0.6 is 0 Å². The van der Waals surface area contributed by atoms with E-state index in [9.17, 15) is 0 Å². The number of aromatic nitrogens is 2. The van der Waals surface area contributed by atoms with E-state index in [4.69, 9.17) is 5.73 Å². The van der Waals surface area contributed by atoms with Crippen molar-refractivity contribution in [1.29, 1.82) is 0 Å². The van der Waals surface area contributed by atoms with Gasteiger partial charge in [0.25, 0.3) is 0 Å². The number of rotatable bonds is 4. The molecule has 0 spiro atoms. The predicted octanol–water partition coefficient (Wildman–Crippen LogP) is 1.96. The molecule has 0 aromatic carbocycles. The molecule has 5 nitrogen and oxygen atoms in total. The molecule has 1 aromatic heterocycles. The third kappa shape index (κ3) is 3.39. The Labute approximate surface area is 122 Å². The first-order valence-electron chi connectivity index (χ1n) is 7.49. The summed E-state index contributed by atoms with van der Waals surface area (Å²) >= 11 is 0. The first-order chi connectivity index (χ1) is 9.49. The van der Waals surface area contributed by atoms with Crippen LogP contribution in [0.5, 0.6) is 0 Å². The van der Waals surface area contributed by atoms with Gasteiger partial charge in [0.1, 0.15) is 18.0 Å². The Bertz CT molecular complexity index is 438. The summed E-state index contributed by atoms with van der Waals surface area (Å²) in [5.74, 6) is 2.69. The van der Waals surface area contributed by atoms with E-state index in [1.54, 1.807) is 6.33 Å². The van der Waals surface area contributed by atoms with Crippen LogP contribution in [0.1, 0.15) is 38.2 Å². The number of anilines is 2. The molecule has 0 bridgehead atoms. The van der Waals surface area contributed by atoms with Gasteiger partial charge in [-0.2, -0.15) is 0 Å². The highest BCUT2D eigenvalue weighted by Gasteiger charge is 2.21. The van der Waals surface area contributed by atoms with E-state index in [-0.39, 0.29) is 0 Å². The molecule has 1 aliphatic heterocycles. The average Bonchev–Trinajstić information content (AvgIpc) is 2.40. The van der Waals surface area contributed by atoms with Gasteiger partial charge >= 0.3 is 0 Å². The van der Waals surface area contributed by atoms with Gasteiger partial charge in [-0.3, -0.25) is 0 Å². The molecule has 5 heteroatoms. The highest BCUT2D eigenvalue weighted by atomic mass is 15.2. The number of hydrogen-bond acceptors (Lipinski definition) is 5. The van der Waals surface area contributed by atoms with Crippen molar-refractivity contribution in [3.05, 3.63) is 11.9 Å². The van der Waals surface area contributed by atoms with Gasteiger partial charge in [0.15, 0.2) is 0 Å². The molecule has 112 valence electrons. The Morgan fingerprint density at radius 2 is 2.00 bits per heavy atom. The second-order valence-corrected chi connectivity index (χ2v) is 6.28. The van der Waals surface area contributed by atoms with Crippen LogP contribution in [0.4, 0.5) is 11.6 Å². The molecule has 0 amide bonds. The van der Waals surface area contributed by atoms with Gasteiger partial charge in [0, 0.05) is 19.2 Å². The molecule has 0 saturated carbocycles.